The molecule has 4 heteroatoms. The van der Waals surface area contributed by atoms with Gasteiger partial charge in [-0.15, -0.1) is 0 Å². The number of nitrogens with zero attached hydrogens (tertiary/aromatic N) is 2. The number of aliphatic hydroxyl groups is 1. The largest absolute Gasteiger partial charge is 0.395 e. The van der Waals surface area contributed by atoms with Crippen LogP contribution in [-0.2, 0) is 6.54 Å². The van der Waals surface area contributed by atoms with E-state index >= 15 is 0 Å². The van der Waals surface area contributed by atoms with E-state index in [4.69, 9.17) is 0 Å². The Morgan fingerprint density at radius 3 is 3.12 bits per heavy atom. The van der Waals surface area contributed by atoms with Crippen molar-refractivity contribution >= 4 is 0 Å². The van der Waals surface area contributed by atoms with E-state index in [-0.39, 0.29) is 18.5 Å². The number of pyridine rings is 1. The molecule has 1 aromatic heterocycles. The van der Waals surface area contributed by atoms with Gasteiger partial charge in [-0.25, -0.2) is 4.39 Å². The van der Waals surface area contributed by atoms with E-state index in [9.17, 15) is 9.50 Å². The van der Waals surface area contributed by atoms with E-state index < -0.39 is 0 Å². The van der Waals surface area contributed by atoms with Gasteiger partial charge < -0.3 is 5.11 Å². The Morgan fingerprint density at radius 1 is 1.62 bits per heavy atom. The molecule has 1 fully saturated rings. The molecule has 1 N–H and O–H groups in total. The molecule has 2 heterocycles. The van der Waals surface area contributed by atoms with Crippen molar-refractivity contribution in [3.63, 3.8) is 0 Å². The first-order valence-corrected chi connectivity index (χ1v) is 5.65. The first-order valence-electron chi connectivity index (χ1n) is 5.65. The maximum absolute atomic E-state index is 13.4. The predicted molar refractivity (Wildman–Crippen MR) is 59.3 cm³/mol. The SMILES string of the molecule is C[C@@H]1CCN(Cc2ccncc2F)[C@@H]1CO. The second-order valence-electron chi connectivity index (χ2n) is 4.45. The topological polar surface area (TPSA) is 36.4 Å². The van der Waals surface area contributed by atoms with Gasteiger partial charge in [-0.1, -0.05) is 6.92 Å². The highest BCUT2D eigenvalue weighted by Crippen LogP contribution is 2.25. The lowest BCUT2D eigenvalue weighted by Crippen LogP contribution is -2.34. The van der Waals surface area contributed by atoms with Crippen LogP contribution in [0.1, 0.15) is 18.9 Å². The predicted octanol–water partition coefficient (Wildman–Crippen LogP) is 1.42. The van der Waals surface area contributed by atoms with Crippen LogP contribution < -0.4 is 0 Å². The molecule has 1 aliphatic heterocycles. The summed E-state index contributed by atoms with van der Waals surface area (Å²) >= 11 is 0. The highest BCUT2D eigenvalue weighted by molar-refractivity contribution is 5.12. The van der Waals surface area contributed by atoms with Crippen LogP contribution in [0.15, 0.2) is 18.5 Å². The van der Waals surface area contributed by atoms with Crippen molar-refractivity contribution < 1.29 is 9.50 Å². The molecule has 2 rings (SSSR count). The second-order valence-corrected chi connectivity index (χ2v) is 4.45. The maximum atomic E-state index is 13.4. The number of likely N-dealkylation sites (tertiary alicyclic amines) is 1. The number of aromatic nitrogens is 1. The monoisotopic (exact) mass is 224 g/mol. The number of aliphatic hydroxyl groups excluding tert-OH is 1. The van der Waals surface area contributed by atoms with E-state index in [0.29, 0.717) is 18.0 Å². The van der Waals surface area contributed by atoms with Crippen molar-refractivity contribution in [2.45, 2.75) is 25.9 Å². The maximum Gasteiger partial charge on any atom is 0.145 e. The Hall–Kier alpha value is -1.00. The quantitative estimate of drug-likeness (QED) is 0.843. The summed E-state index contributed by atoms with van der Waals surface area (Å²) in [5.41, 5.74) is 0.655. The van der Waals surface area contributed by atoms with Crippen molar-refractivity contribution in [3.05, 3.63) is 29.8 Å². The van der Waals surface area contributed by atoms with Crippen LogP contribution in [0, 0.1) is 11.7 Å². The molecule has 1 aliphatic rings. The molecule has 0 aliphatic carbocycles. The summed E-state index contributed by atoms with van der Waals surface area (Å²) in [4.78, 5) is 5.87. The summed E-state index contributed by atoms with van der Waals surface area (Å²) in [7, 11) is 0. The molecular formula is C12H17FN2O. The van der Waals surface area contributed by atoms with Crippen LogP contribution >= 0.6 is 0 Å². The van der Waals surface area contributed by atoms with E-state index in [1.54, 1.807) is 12.3 Å². The molecule has 0 unspecified atom stereocenters. The average Bonchev–Trinajstić information content (AvgIpc) is 2.63. The molecule has 2 atom stereocenters. The van der Waals surface area contributed by atoms with Crippen LogP contribution in [0.2, 0.25) is 0 Å². The highest BCUT2D eigenvalue weighted by atomic mass is 19.1. The van der Waals surface area contributed by atoms with Gasteiger partial charge in [-0.3, -0.25) is 9.88 Å². The summed E-state index contributed by atoms with van der Waals surface area (Å²) in [6.45, 7) is 3.76. The Bertz CT molecular complexity index is 359. The zero-order valence-corrected chi connectivity index (χ0v) is 9.43. The Labute approximate surface area is 94.9 Å². The zero-order chi connectivity index (χ0) is 11.5. The van der Waals surface area contributed by atoms with Gasteiger partial charge in [-0.2, -0.15) is 0 Å². The molecule has 0 bridgehead atoms. The third-order valence-corrected chi connectivity index (χ3v) is 3.41. The van der Waals surface area contributed by atoms with Crippen LogP contribution in [0.4, 0.5) is 4.39 Å². The lowest BCUT2D eigenvalue weighted by atomic mass is 10.0. The van der Waals surface area contributed by atoms with Gasteiger partial charge in [0.1, 0.15) is 5.82 Å². The normalized spacial score (nSPS) is 26.2. The first kappa shape index (κ1) is 11.5. The summed E-state index contributed by atoms with van der Waals surface area (Å²) in [6, 6.07) is 1.86. The summed E-state index contributed by atoms with van der Waals surface area (Å²) in [5.74, 6) is 0.216. The van der Waals surface area contributed by atoms with Crippen molar-refractivity contribution in [3.8, 4) is 0 Å². The van der Waals surface area contributed by atoms with Gasteiger partial charge >= 0.3 is 0 Å². The molecule has 3 nitrogen and oxygen atoms in total. The van der Waals surface area contributed by atoms with E-state index in [1.165, 1.54) is 6.20 Å². The molecule has 88 valence electrons. The fourth-order valence-electron chi connectivity index (χ4n) is 2.33. The van der Waals surface area contributed by atoms with Gasteiger partial charge in [0, 0.05) is 24.3 Å². The molecular weight excluding hydrogens is 207 g/mol. The molecule has 0 amide bonds. The molecule has 1 saturated heterocycles. The fourth-order valence-corrected chi connectivity index (χ4v) is 2.33. The number of rotatable bonds is 3. The van der Waals surface area contributed by atoms with Crippen molar-refractivity contribution in [2.24, 2.45) is 5.92 Å². The molecule has 0 spiro atoms. The van der Waals surface area contributed by atoms with Gasteiger partial charge in [0.2, 0.25) is 0 Å². The minimum absolute atomic E-state index is 0.147. The third-order valence-electron chi connectivity index (χ3n) is 3.41. The lowest BCUT2D eigenvalue weighted by molar-refractivity contribution is 0.133. The van der Waals surface area contributed by atoms with Crippen LogP contribution in [-0.4, -0.2) is 34.2 Å². The first-order chi connectivity index (χ1) is 7.72. The summed E-state index contributed by atoms with van der Waals surface area (Å²) in [5, 5.41) is 9.31. The van der Waals surface area contributed by atoms with Gasteiger partial charge in [0.25, 0.3) is 0 Å². The number of hydrogen-bond donors (Lipinski definition) is 1. The Kier molecular flexibility index (Phi) is 3.51. The van der Waals surface area contributed by atoms with Gasteiger partial charge in [-0.05, 0) is 24.9 Å². The van der Waals surface area contributed by atoms with Crippen LogP contribution in [0.3, 0.4) is 0 Å². The van der Waals surface area contributed by atoms with Crippen LogP contribution in [0.25, 0.3) is 0 Å². The minimum Gasteiger partial charge on any atom is -0.395 e. The minimum atomic E-state index is -0.265. The van der Waals surface area contributed by atoms with E-state index in [2.05, 4.69) is 16.8 Å². The third kappa shape index (κ3) is 2.23. The highest BCUT2D eigenvalue weighted by Gasteiger charge is 2.30. The van der Waals surface area contributed by atoms with E-state index in [1.807, 2.05) is 0 Å². The molecule has 0 aromatic carbocycles. The molecule has 1 aromatic rings. The van der Waals surface area contributed by atoms with Crippen molar-refractivity contribution in [2.75, 3.05) is 13.2 Å². The summed E-state index contributed by atoms with van der Waals surface area (Å²) in [6.07, 6.45) is 3.91. The van der Waals surface area contributed by atoms with E-state index in [0.717, 1.165) is 13.0 Å². The van der Waals surface area contributed by atoms with Gasteiger partial charge in [0.05, 0.1) is 12.8 Å². The number of hydrogen-bond acceptors (Lipinski definition) is 3. The molecule has 0 saturated carbocycles. The van der Waals surface area contributed by atoms with Crippen molar-refractivity contribution in [1.29, 1.82) is 0 Å². The Balaban J connectivity index is 2.08. The van der Waals surface area contributed by atoms with Crippen LogP contribution in [0.5, 0.6) is 0 Å². The van der Waals surface area contributed by atoms with Gasteiger partial charge in [0.15, 0.2) is 0 Å². The number of halogens is 1. The Morgan fingerprint density at radius 2 is 2.44 bits per heavy atom. The zero-order valence-electron chi connectivity index (χ0n) is 9.43. The fraction of sp³-hybridized carbons (Fsp3) is 0.583. The molecule has 0 radical (unpaired) electrons. The second kappa shape index (κ2) is 4.89. The average molecular weight is 224 g/mol. The summed E-state index contributed by atoms with van der Waals surface area (Å²) < 4.78 is 13.4. The lowest BCUT2D eigenvalue weighted by Gasteiger charge is -2.25. The van der Waals surface area contributed by atoms with Crippen molar-refractivity contribution in [1.82, 2.24) is 9.88 Å². The standard InChI is InChI=1S/C12H17FN2O/c1-9-3-5-15(12(9)8-16)7-10-2-4-14-6-11(10)13/h2,4,6,9,12,16H,3,5,7-8H2,1H3/t9-,12-/m1/s1. The molecule has 16 heavy (non-hydrogen) atoms. The smallest absolute Gasteiger partial charge is 0.145 e.